The van der Waals surface area contributed by atoms with Gasteiger partial charge >= 0.3 is 0 Å². The van der Waals surface area contributed by atoms with Crippen LogP contribution in [0.25, 0.3) is 5.76 Å². The first-order valence-electron chi connectivity index (χ1n) is 8.59. The van der Waals surface area contributed by atoms with E-state index in [-0.39, 0.29) is 11.8 Å². The van der Waals surface area contributed by atoms with E-state index in [2.05, 4.69) is 23.5 Å². The lowest BCUT2D eigenvalue weighted by molar-refractivity contribution is 0.402. The van der Waals surface area contributed by atoms with Crippen LogP contribution in [0.4, 0.5) is 0 Å². The number of phenols is 1. The molecule has 4 nitrogen and oxygen atoms in total. The maximum atomic E-state index is 9.68. The van der Waals surface area contributed by atoms with Gasteiger partial charge in [-0.2, -0.15) is 11.8 Å². The van der Waals surface area contributed by atoms with Crippen LogP contribution in [0.2, 0.25) is 5.02 Å². The summed E-state index contributed by atoms with van der Waals surface area (Å²) in [4.78, 5) is 4.39. The minimum atomic E-state index is 0.0698. The highest BCUT2D eigenvalue weighted by Gasteiger charge is 2.26. The number of phenolic OH excluding ortho intramolecular Hbond substituents is 1. The molecule has 1 aliphatic rings. The van der Waals surface area contributed by atoms with Crippen LogP contribution in [0, 0.1) is 0 Å². The highest BCUT2D eigenvalue weighted by molar-refractivity contribution is 7.99. The van der Waals surface area contributed by atoms with Crippen molar-refractivity contribution < 1.29 is 9.84 Å². The molecule has 2 atom stereocenters. The Balaban J connectivity index is 2.23. The van der Waals surface area contributed by atoms with Gasteiger partial charge in [0.1, 0.15) is 11.5 Å². The molecule has 6 heteroatoms. The second-order valence-electron chi connectivity index (χ2n) is 6.19. The molecule has 1 aromatic rings. The second kappa shape index (κ2) is 9.51. The molecule has 0 spiro atoms. The number of rotatable bonds is 5. The molecule has 0 aromatic heterocycles. The molecule has 0 radical (unpaired) electrons. The lowest BCUT2D eigenvalue weighted by Crippen LogP contribution is -2.45. The third kappa shape index (κ3) is 5.16. The molecule has 0 saturated carbocycles. The molecule has 0 amide bonds. The summed E-state index contributed by atoms with van der Waals surface area (Å²) in [6.07, 6.45) is 5.17. The summed E-state index contributed by atoms with van der Waals surface area (Å²) in [6, 6.07) is 5.27. The van der Waals surface area contributed by atoms with E-state index in [1.54, 1.807) is 19.2 Å². The monoisotopic (exact) mass is 382 g/mol. The number of nitrogens with one attached hydrogen (secondary N) is 1. The number of benzene rings is 1. The van der Waals surface area contributed by atoms with Gasteiger partial charge in [0.15, 0.2) is 0 Å². The molecule has 2 N–H and O–H groups in total. The zero-order valence-electron chi connectivity index (χ0n) is 15.3. The fraction of sp³-hybridized carbons (Fsp3) is 0.526. The van der Waals surface area contributed by atoms with Crippen molar-refractivity contribution in [2.24, 2.45) is 4.99 Å². The number of piperidine rings is 1. The van der Waals surface area contributed by atoms with Gasteiger partial charge in [0.05, 0.1) is 11.1 Å². The van der Waals surface area contributed by atoms with Gasteiger partial charge in [0.25, 0.3) is 0 Å². The molecular weight excluding hydrogens is 356 g/mol. The highest BCUT2D eigenvalue weighted by atomic mass is 35.5. The van der Waals surface area contributed by atoms with Gasteiger partial charge in [-0.25, -0.2) is 0 Å². The van der Waals surface area contributed by atoms with E-state index in [4.69, 9.17) is 16.3 Å². The summed E-state index contributed by atoms with van der Waals surface area (Å²) in [5, 5.41) is 14.2. The number of thioether (sulfide) groups is 1. The number of halogens is 1. The summed E-state index contributed by atoms with van der Waals surface area (Å²) in [5.74, 6) is 1.53. The van der Waals surface area contributed by atoms with Crippen molar-refractivity contribution in [2.75, 3.05) is 19.8 Å². The third-order valence-corrected chi connectivity index (χ3v) is 5.93. The van der Waals surface area contributed by atoms with Crippen LogP contribution < -0.4 is 5.32 Å². The van der Waals surface area contributed by atoms with E-state index >= 15 is 0 Å². The molecule has 1 saturated heterocycles. The van der Waals surface area contributed by atoms with E-state index in [1.165, 1.54) is 0 Å². The summed E-state index contributed by atoms with van der Waals surface area (Å²) >= 11 is 7.98. The number of hydrogen-bond donors (Lipinski definition) is 2. The van der Waals surface area contributed by atoms with Gasteiger partial charge in [-0.05, 0) is 56.2 Å². The van der Waals surface area contributed by atoms with Crippen molar-refractivity contribution in [3.63, 3.8) is 0 Å². The number of aliphatic imine (C=N–C) groups is 1. The molecule has 0 aliphatic carbocycles. The summed E-state index contributed by atoms with van der Waals surface area (Å²) in [7, 11) is 1.76. The molecular formula is C19H27ClN2O2S. The van der Waals surface area contributed by atoms with Gasteiger partial charge in [-0.15, -0.1) is 0 Å². The summed E-state index contributed by atoms with van der Waals surface area (Å²) in [5.41, 5.74) is 1.96. The molecule has 1 aliphatic heterocycles. The maximum Gasteiger partial charge on any atom is 0.207 e. The first-order valence-corrected chi connectivity index (χ1v) is 10.3. The zero-order chi connectivity index (χ0) is 18.4. The van der Waals surface area contributed by atoms with Crippen molar-refractivity contribution in [3.05, 3.63) is 34.4 Å². The van der Waals surface area contributed by atoms with Crippen LogP contribution in [0.5, 0.6) is 5.75 Å². The summed E-state index contributed by atoms with van der Waals surface area (Å²) < 4.78 is 6.26. The molecule has 0 bridgehead atoms. The lowest BCUT2D eigenvalue weighted by atomic mass is 10.0. The van der Waals surface area contributed by atoms with Gasteiger partial charge in [0.2, 0.25) is 5.90 Å². The molecule has 1 unspecified atom stereocenters. The van der Waals surface area contributed by atoms with Gasteiger partial charge in [-0.1, -0.05) is 18.5 Å². The SMILES string of the molecule is CC/C(C)=C(\OC(=NC)[C@H]1CCC(SC)CN1)c1ccc(O)c(Cl)c1. The van der Waals surface area contributed by atoms with Crippen molar-refractivity contribution in [1.29, 1.82) is 0 Å². The normalized spacial score (nSPS) is 22.5. The van der Waals surface area contributed by atoms with Crippen LogP contribution in [0.15, 0.2) is 28.8 Å². The van der Waals surface area contributed by atoms with Gasteiger partial charge in [-0.3, -0.25) is 4.99 Å². The fourth-order valence-electron chi connectivity index (χ4n) is 2.82. The van der Waals surface area contributed by atoms with Crippen molar-refractivity contribution in [1.82, 2.24) is 5.32 Å². The first kappa shape index (κ1) is 20.1. The Morgan fingerprint density at radius 2 is 2.20 bits per heavy atom. The standard InChI is InChI=1S/C19H27ClN2O2S/c1-5-12(2)18(13-6-9-17(23)15(20)10-13)24-19(21-3)16-8-7-14(25-4)11-22-16/h6,9-10,14,16,22-23H,5,7-8,11H2,1-4H3/b18-12-,21-19?/t14?,16-/m1/s1. The quantitative estimate of drug-likeness (QED) is 0.439. The number of ether oxygens (including phenoxy) is 1. The maximum absolute atomic E-state index is 9.68. The largest absolute Gasteiger partial charge is 0.506 e. The zero-order valence-corrected chi connectivity index (χ0v) is 16.9. The first-order chi connectivity index (χ1) is 12.0. The van der Waals surface area contributed by atoms with Crippen LogP contribution in [0.1, 0.15) is 38.7 Å². The minimum Gasteiger partial charge on any atom is -0.506 e. The third-order valence-electron chi connectivity index (χ3n) is 4.56. The topological polar surface area (TPSA) is 53.8 Å². The Morgan fingerprint density at radius 3 is 2.72 bits per heavy atom. The molecule has 1 heterocycles. The average molecular weight is 383 g/mol. The Bertz CT molecular complexity index is 653. The van der Waals surface area contributed by atoms with Crippen LogP contribution >= 0.6 is 23.4 Å². The van der Waals surface area contributed by atoms with E-state index in [1.807, 2.05) is 24.8 Å². The van der Waals surface area contributed by atoms with Crippen LogP contribution in [0.3, 0.4) is 0 Å². The predicted octanol–water partition coefficient (Wildman–Crippen LogP) is 4.72. The minimum absolute atomic E-state index is 0.0698. The fourth-order valence-corrected chi connectivity index (χ4v) is 3.64. The average Bonchev–Trinajstić information content (AvgIpc) is 2.65. The van der Waals surface area contributed by atoms with Crippen molar-refractivity contribution in [3.8, 4) is 5.75 Å². The Hall–Kier alpha value is -1.17. The number of allylic oxidation sites excluding steroid dienone is 1. The summed E-state index contributed by atoms with van der Waals surface area (Å²) in [6.45, 7) is 5.10. The van der Waals surface area contributed by atoms with Gasteiger partial charge in [0, 0.05) is 24.4 Å². The number of nitrogens with zero attached hydrogens (tertiary/aromatic N) is 1. The molecule has 138 valence electrons. The van der Waals surface area contributed by atoms with E-state index in [9.17, 15) is 5.11 Å². The highest BCUT2D eigenvalue weighted by Crippen LogP contribution is 2.31. The van der Waals surface area contributed by atoms with E-state index in [0.717, 1.165) is 42.7 Å². The lowest BCUT2D eigenvalue weighted by Gasteiger charge is -2.30. The Morgan fingerprint density at radius 1 is 1.44 bits per heavy atom. The number of aromatic hydroxyl groups is 1. The molecule has 1 aromatic carbocycles. The molecule has 25 heavy (non-hydrogen) atoms. The van der Waals surface area contributed by atoms with Gasteiger partial charge < -0.3 is 15.2 Å². The predicted molar refractivity (Wildman–Crippen MR) is 109 cm³/mol. The van der Waals surface area contributed by atoms with Crippen LogP contribution in [-0.2, 0) is 4.74 Å². The Labute approximate surface area is 159 Å². The van der Waals surface area contributed by atoms with Crippen LogP contribution in [-0.4, -0.2) is 42.1 Å². The Kier molecular flexibility index (Phi) is 7.66. The molecule has 2 rings (SSSR count). The second-order valence-corrected chi connectivity index (χ2v) is 7.73. The smallest absolute Gasteiger partial charge is 0.207 e. The number of hydrogen-bond acceptors (Lipinski definition) is 5. The van der Waals surface area contributed by atoms with E-state index in [0.29, 0.717) is 16.2 Å². The van der Waals surface area contributed by atoms with E-state index < -0.39 is 0 Å². The molecule has 1 fully saturated rings. The van der Waals surface area contributed by atoms with Crippen molar-refractivity contribution in [2.45, 2.75) is 44.4 Å². The van der Waals surface area contributed by atoms with Crippen molar-refractivity contribution >= 4 is 35.0 Å².